The van der Waals surface area contributed by atoms with Gasteiger partial charge in [-0.15, -0.1) is 0 Å². The van der Waals surface area contributed by atoms with Crippen LogP contribution in [0.2, 0.25) is 0 Å². The molecule has 0 unspecified atom stereocenters. The summed E-state index contributed by atoms with van der Waals surface area (Å²) in [5.41, 5.74) is 1.31. The lowest BCUT2D eigenvalue weighted by molar-refractivity contribution is 1.22. The van der Waals surface area contributed by atoms with Crippen molar-refractivity contribution in [1.29, 1.82) is 0 Å². The van der Waals surface area contributed by atoms with Crippen LogP contribution < -0.4 is 0 Å². The Labute approximate surface area is 62.3 Å². The van der Waals surface area contributed by atoms with Gasteiger partial charge in [0.05, 0.1) is 0 Å². The quantitative estimate of drug-likeness (QED) is 0.518. The van der Waals surface area contributed by atoms with Gasteiger partial charge in [-0.25, -0.2) is 0 Å². The van der Waals surface area contributed by atoms with Crippen molar-refractivity contribution in [2.24, 2.45) is 0 Å². The van der Waals surface area contributed by atoms with E-state index in [1.165, 1.54) is 5.57 Å². The first kappa shape index (κ1) is 7.07. The molecular formula is C10H12. The molecule has 0 spiro atoms. The van der Waals surface area contributed by atoms with Crippen molar-refractivity contribution >= 4 is 0 Å². The maximum atomic E-state index is 2.14. The molecule has 10 heavy (non-hydrogen) atoms. The molecule has 1 aliphatic carbocycles. The Hall–Kier alpha value is -1.04. The molecule has 0 aliphatic heterocycles. The van der Waals surface area contributed by atoms with E-state index in [1.54, 1.807) is 0 Å². The van der Waals surface area contributed by atoms with Gasteiger partial charge in [0.1, 0.15) is 0 Å². The van der Waals surface area contributed by atoms with Gasteiger partial charge in [0.2, 0.25) is 0 Å². The molecule has 0 aromatic rings. The van der Waals surface area contributed by atoms with Crippen LogP contribution in [-0.2, 0) is 0 Å². The molecule has 0 heterocycles. The molecule has 0 aromatic carbocycles. The highest BCUT2D eigenvalue weighted by molar-refractivity contribution is 5.43. The third-order valence-electron chi connectivity index (χ3n) is 1.35. The van der Waals surface area contributed by atoms with Crippen LogP contribution in [-0.4, -0.2) is 0 Å². The summed E-state index contributed by atoms with van der Waals surface area (Å²) in [6, 6.07) is 0. The molecule has 0 aromatic heterocycles. The third kappa shape index (κ3) is 2.06. The van der Waals surface area contributed by atoms with Crippen LogP contribution in [0.25, 0.3) is 0 Å². The van der Waals surface area contributed by atoms with Gasteiger partial charge >= 0.3 is 0 Å². The van der Waals surface area contributed by atoms with Crippen LogP contribution in [0.5, 0.6) is 0 Å². The SMILES string of the molecule is CCC=CC=CC1=CC=C1. The lowest BCUT2D eigenvalue weighted by Crippen LogP contribution is -1.76. The second kappa shape index (κ2) is 3.89. The van der Waals surface area contributed by atoms with Crippen LogP contribution in [0, 0.1) is 0 Å². The second-order valence-corrected chi connectivity index (χ2v) is 2.22. The smallest absolute Gasteiger partial charge is 0.0257 e. The van der Waals surface area contributed by atoms with Gasteiger partial charge in [-0.3, -0.25) is 0 Å². The van der Waals surface area contributed by atoms with Crippen LogP contribution in [0.1, 0.15) is 13.3 Å². The van der Waals surface area contributed by atoms with Gasteiger partial charge in [-0.1, -0.05) is 49.5 Å². The molecule has 0 fully saturated rings. The van der Waals surface area contributed by atoms with Gasteiger partial charge in [-0.2, -0.15) is 0 Å². The van der Waals surface area contributed by atoms with Crippen molar-refractivity contribution in [3.05, 3.63) is 48.1 Å². The summed E-state index contributed by atoms with van der Waals surface area (Å²) < 4.78 is 0. The Morgan fingerprint density at radius 3 is 2.70 bits per heavy atom. The minimum absolute atomic E-state index is 1.11. The molecule has 0 bridgehead atoms. The summed E-state index contributed by atoms with van der Waals surface area (Å²) in [7, 11) is 0. The first-order valence-corrected chi connectivity index (χ1v) is 3.65. The van der Waals surface area contributed by atoms with E-state index in [2.05, 4.69) is 43.4 Å². The fraction of sp³-hybridized carbons (Fsp3) is 0.200. The number of hydrogen-bond acceptors (Lipinski definition) is 0. The first-order chi connectivity index (χ1) is 4.93. The summed E-state index contributed by atoms with van der Waals surface area (Å²) in [5, 5.41) is 0. The molecular weight excluding hydrogens is 120 g/mol. The maximum Gasteiger partial charge on any atom is -0.0257 e. The summed E-state index contributed by atoms with van der Waals surface area (Å²) >= 11 is 0. The molecule has 0 N–H and O–H groups in total. The fourth-order valence-electron chi connectivity index (χ4n) is 0.700. The molecule has 0 saturated carbocycles. The molecule has 52 valence electrons. The monoisotopic (exact) mass is 132 g/mol. The van der Waals surface area contributed by atoms with Crippen molar-refractivity contribution in [2.75, 3.05) is 0 Å². The van der Waals surface area contributed by atoms with Crippen LogP contribution in [0.15, 0.2) is 48.1 Å². The van der Waals surface area contributed by atoms with Crippen LogP contribution >= 0.6 is 0 Å². The second-order valence-electron chi connectivity index (χ2n) is 2.22. The summed E-state index contributed by atoms with van der Waals surface area (Å²) in [6.45, 7) is 2.13. The lowest BCUT2D eigenvalue weighted by Gasteiger charge is -1.96. The molecule has 0 radical (unpaired) electrons. The van der Waals surface area contributed by atoms with Gasteiger partial charge in [0.25, 0.3) is 0 Å². The van der Waals surface area contributed by atoms with Crippen molar-refractivity contribution in [3.63, 3.8) is 0 Å². The number of hydrogen-bond donors (Lipinski definition) is 0. The summed E-state index contributed by atoms with van der Waals surface area (Å²) in [6.07, 6.45) is 15.7. The molecule has 1 rings (SSSR count). The maximum absolute atomic E-state index is 2.14. The first-order valence-electron chi connectivity index (χ1n) is 3.65. The molecule has 0 amide bonds. The van der Waals surface area contributed by atoms with Gasteiger partial charge in [0, 0.05) is 0 Å². The average Bonchev–Trinajstić information content (AvgIpc) is 1.84. The van der Waals surface area contributed by atoms with Gasteiger partial charge in [0.15, 0.2) is 0 Å². The van der Waals surface area contributed by atoms with Gasteiger partial charge in [-0.05, 0) is 12.0 Å². The van der Waals surface area contributed by atoms with E-state index in [9.17, 15) is 0 Å². The average molecular weight is 132 g/mol. The van der Waals surface area contributed by atoms with Crippen molar-refractivity contribution in [3.8, 4) is 0 Å². The number of rotatable bonds is 3. The third-order valence-corrected chi connectivity index (χ3v) is 1.35. The molecule has 0 nitrogen and oxygen atoms in total. The Balaban J connectivity index is 2.23. The highest BCUT2D eigenvalue weighted by Gasteiger charge is 1.88. The Morgan fingerprint density at radius 2 is 2.20 bits per heavy atom. The van der Waals surface area contributed by atoms with E-state index >= 15 is 0 Å². The normalized spacial score (nSPS) is 16.3. The summed E-state index contributed by atoms with van der Waals surface area (Å²) in [5.74, 6) is 0. The zero-order chi connectivity index (χ0) is 7.23. The molecule has 0 saturated heterocycles. The topological polar surface area (TPSA) is 0 Å². The van der Waals surface area contributed by atoms with Gasteiger partial charge < -0.3 is 0 Å². The van der Waals surface area contributed by atoms with E-state index in [0.29, 0.717) is 0 Å². The minimum atomic E-state index is 1.11. The zero-order valence-electron chi connectivity index (χ0n) is 6.25. The van der Waals surface area contributed by atoms with E-state index in [-0.39, 0.29) is 0 Å². The summed E-state index contributed by atoms with van der Waals surface area (Å²) in [4.78, 5) is 0. The van der Waals surface area contributed by atoms with E-state index < -0.39 is 0 Å². The Bertz CT molecular complexity index is 202. The minimum Gasteiger partial charge on any atom is -0.0848 e. The predicted molar refractivity (Wildman–Crippen MR) is 45.8 cm³/mol. The predicted octanol–water partition coefficient (Wildman–Crippen LogP) is 3.01. The number of allylic oxidation sites excluding steroid dienone is 8. The molecule has 1 aliphatic rings. The van der Waals surface area contributed by atoms with E-state index in [1.807, 2.05) is 6.08 Å². The van der Waals surface area contributed by atoms with Crippen molar-refractivity contribution in [2.45, 2.75) is 13.3 Å². The Kier molecular flexibility index (Phi) is 2.75. The standard InChI is InChI=1S/C10H12/c1-2-3-4-5-7-10-8-6-9-10/h3-9H,2H2,1H3. The van der Waals surface area contributed by atoms with Crippen molar-refractivity contribution < 1.29 is 0 Å². The van der Waals surface area contributed by atoms with Crippen molar-refractivity contribution in [1.82, 2.24) is 0 Å². The molecule has 0 atom stereocenters. The fourth-order valence-corrected chi connectivity index (χ4v) is 0.700. The lowest BCUT2D eigenvalue weighted by atomic mass is 10.1. The molecule has 0 heteroatoms. The van der Waals surface area contributed by atoms with E-state index in [4.69, 9.17) is 0 Å². The zero-order valence-corrected chi connectivity index (χ0v) is 6.25. The van der Waals surface area contributed by atoms with Crippen LogP contribution in [0.4, 0.5) is 0 Å². The van der Waals surface area contributed by atoms with E-state index in [0.717, 1.165) is 6.42 Å². The largest absolute Gasteiger partial charge is 0.0848 e. The highest BCUT2D eigenvalue weighted by Crippen LogP contribution is 2.08. The van der Waals surface area contributed by atoms with Crippen LogP contribution in [0.3, 0.4) is 0 Å². The highest BCUT2D eigenvalue weighted by atomic mass is 13.9. The Morgan fingerprint density at radius 1 is 1.40 bits per heavy atom.